The van der Waals surface area contributed by atoms with Crippen molar-refractivity contribution in [3.8, 4) is 0 Å². The predicted molar refractivity (Wildman–Crippen MR) is 89.5 cm³/mol. The van der Waals surface area contributed by atoms with Crippen molar-refractivity contribution < 1.29 is 4.79 Å². The first-order valence-corrected chi connectivity index (χ1v) is 9.68. The second-order valence-electron chi connectivity index (χ2n) is 9.00. The number of hydrogen-bond acceptors (Lipinski definition) is 2. The molecule has 1 unspecified atom stereocenters. The van der Waals surface area contributed by atoms with Crippen molar-refractivity contribution in [2.45, 2.75) is 76.9 Å². The first-order valence-electron chi connectivity index (χ1n) is 9.16. The molecule has 4 saturated carbocycles. The van der Waals surface area contributed by atoms with Crippen LogP contribution < -0.4 is 0 Å². The van der Waals surface area contributed by atoms with E-state index in [4.69, 9.17) is 12.6 Å². The molecule has 0 saturated heterocycles. The van der Waals surface area contributed by atoms with Gasteiger partial charge in [-0.25, -0.2) is 0 Å². The largest absolute Gasteiger partial charge is 0.299 e. The van der Waals surface area contributed by atoms with Crippen LogP contribution in [0.5, 0.6) is 0 Å². The molecular weight excluding hydrogens is 276 g/mol. The highest BCUT2D eigenvalue weighted by Gasteiger charge is 2.59. The van der Waals surface area contributed by atoms with Crippen LogP contribution in [0.4, 0.5) is 0 Å². The molecule has 0 aromatic rings. The number of rotatable bonds is 0. The van der Waals surface area contributed by atoms with Gasteiger partial charge in [-0.3, -0.25) is 4.79 Å². The third-order valence-electron chi connectivity index (χ3n) is 8.35. The molecule has 0 heterocycles. The van der Waals surface area contributed by atoms with Crippen LogP contribution in [0.25, 0.3) is 0 Å². The number of thiol groups is 1. The molecule has 0 aromatic carbocycles. The Labute approximate surface area is 135 Å². The molecule has 4 aliphatic carbocycles. The maximum atomic E-state index is 12.4. The van der Waals surface area contributed by atoms with E-state index in [-0.39, 0.29) is 5.41 Å². The lowest BCUT2D eigenvalue weighted by molar-refractivity contribution is -0.138. The van der Waals surface area contributed by atoms with E-state index in [0.717, 1.165) is 24.2 Å². The first-order chi connectivity index (χ1) is 9.95. The van der Waals surface area contributed by atoms with E-state index in [1.807, 2.05) is 0 Å². The number of Topliss-reactive ketones (excluding diaryl/α,β-unsaturated/α-hetero) is 1. The van der Waals surface area contributed by atoms with Gasteiger partial charge in [0.2, 0.25) is 0 Å². The monoisotopic (exact) mass is 306 g/mol. The van der Waals surface area contributed by atoms with Crippen LogP contribution in [-0.4, -0.2) is 11.0 Å². The Morgan fingerprint density at radius 2 is 1.81 bits per heavy atom. The Morgan fingerprint density at radius 3 is 2.62 bits per heavy atom. The van der Waals surface area contributed by atoms with Crippen molar-refractivity contribution in [3.63, 3.8) is 0 Å². The van der Waals surface area contributed by atoms with E-state index < -0.39 is 0 Å². The van der Waals surface area contributed by atoms with E-state index in [1.165, 1.54) is 51.4 Å². The van der Waals surface area contributed by atoms with Gasteiger partial charge in [0.05, 0.1) is 0 Å². The lowest BCUT2D eigenvalue weighted by atomic mass is 9.45. The Kier molecular flexibility index (Phi) is 3.31. The highest BCUT2D eigenvalue weighted by Crippen LogP contribution is 2.65. The van der Waals surface area contributed by atoms with Crippen LogP contribution in [0.3, 0.4) is 0 Å². The van der Waals surface area contributed by atoms with E-state index in [9.17, 15) is 4.79 Å². The zero-order chi connectivity index (χ0) is 14.8. The van der Waals surface area contributed by atoms with Crippen LogP contribution >= 0.6 is 12.6 Å². The van der Waals surface area contributed by atoms with E-state index in [0.29, 0.717) is 22.4 Å². The van der Waals surface area contributed by atoms with Crippen molar-refractivity contribution in [1.82, 2.24) is 0 Å². The molecule has 4 rings (SSSR count). The predicted octanol–water partition coefficient (Wildman–Crippen LogP) is 4.90. The third kappa shape index (κ3) is 1.93. The van der Waals surface area contributed by atoms with Gasteiger partial charge in [-0.2, -0.15) is 12.6 Å². The number of carbonyl (C=O) groups is 1. The normalized spacial score (nSPS) is 56.5. The summed E-state index contributed by atoms with van der Waals surface area (Å²) in [6.07, 6.45) is 11.3. The van der Waals surface area contributed by atoms with Gasteiger partial charge in [-0.1, -0.05) is 13.8 Å². The van der Waals surface area contributed by atoms with E-state index >= 15 is 0 Å². The summed E-state index contributed by atoms with van der Waals surface area (Å²) in [6.45, 7) is 4.88. The maximum Gasteiger partial charge on any atom is 0.139 e. The minimum Gasteiger partial charge on any atom is -0.299 e. The van der Waals surface area contributed by atoms with Crippen LogP contribution in [-0.2, 0) is 4.79 Å². The second kappa shape index (κ2) is 4.76. The number of fused-ring (bicyclic) bond motifs is 5. The number of ketones is 1. The standard InChI is InChI=1S/C19H30OS/c1-18-9-7-13(21)11-12(18)3-4-14-15-5-6-17(20)19(15,2)10-8-16(14)18/h12-16,21H,3-11H2,1-2H3/t12?,13-,14-,15-,16-,18-,19-/m0/s1. The van der Waals surface area contributed by atoms with Crippen LogP contribution in [0.15, 0.2) is 0 Å². The highest BCUT2D eigenvalue weighted by molar-refractivity contribution is 7.80. The average Bonchev–Trinajstić information content (AvgIpc) is 2.76. The van der Waals surface area contributed by atoms with Crippen LogP contribution in [0.1, 0.15) is 71.6 Å². The van der Waals surface area contributed by atoms with Gasteiger partial charge < -0.3 is 0 Å². The molecule has 2 heteroatoms. The molecule has 0 bridgehead atoms. The Hall–Kier alpha value is 0.0200. The summed E-state index contributed by atoms with van der Waals surface area (Å²) in [4.78, 5) is 12.4. The molecule has 0 N–H and O–H groups in total. The topological polar surface area (TPSA) is 17.1 Å². The second-order valence-corrected chi connectivity index (χ2v) is 9.73. The van der Waals surface area contributed by atoms with Crippen molar-refractivity contribution >= 4 is 18.4 Å². The quantitative estimate of drug-likeness (QED) is 0.630. The lowest BCUT2D eigenvalue weighted by Crippen LogP contribution is -2.53. The van der Waals surface area contributed by atoms with Gasteiger partial charge in [0.1, 0.15) is 5.78 Å². The molecule has 1 nitrogen and oxygen atoms in total. The summed E-state index contributed by atoms with van der Waals surface area (Å²) in [7, 11) is 0. The summed E-state index contributed by atoms with van der Waals surface area (Å²) >= 11 is 4.77. The smallest absolute Gasteiger partial charge is 0.139 e. The fourth-order valence-electron chi connectivity index (χ4n) is 7.01. The van der Waals surface area contributed by atoms with Gasteiger partial charge in [-0.05, 0) is 80.5 Å². The maximum absolute atomic E-state index is 12.4. The number of carbonyl (C=O) groups excluding carboxylic acids is 1. The molecule has 0 amide bonds. The first kappa shape index (κ1) is 14.6. The summed E-state index contributed by atoms with van der Waals surface area (Å²) in [5.74, 6) is 3.91. The molecule has 4 fully saturated rings. The molecule has 0 radical (unpaired) electrons. The van der Waals surface area contributed by atoms with Gasteiger partial charge in [0.15, 0.2) is 0 Å². The van der Waals surface area contributed by atoms with Crippen LogP contribution in [0.2, 0.25) is 0 Å². The summed E-state index contributed by atoms with van der Waals surface area (Å²) in [6, 6.07) is 0. The fourth-order valence-corrected chi connectivity index (χ4v) is 7.39. The van der Waals surface area contributed by atoms with Crippen LogP contribution in [0, 0.1) is 34.5 Å². The molecule has 0 spiro atoms. The molecule has 7 atom stereocenters. The Morgan fingerprint density at radius 1 is 1.00 bits per heavy atom. The molecule has 4 aliphatic rings. The zero-order valence-corrected chi connectivity index (χ0v) is 14.5. The fraction of sp³-hybridized carbons (Fsp3) is 0.947. The van der Waals surface area contributed by atoms with Gasteiger partial charge >= 0.3 is 0 Å². The molecule has 21 heavy (non-hydrogen) atoms. The van der Waals surface area contributed by atoms with Gasteiger partial charge in [0, 0.05) is 17.1 Å². The summed E-state index contributed by atoms with van der Waals surface area (Å²) < 4.78 is 0. The Balaban J connectivity index is 1.64. The van der Waals surface area contributed by atoms with Crippen molar-refractivity contribution in [2.75, 3.05) is 0 Å². The molecule has 0 aliphatic heterocycles. The summed E-state index contributed by atoms with van der Waals surface area (Å²) in [5.41, 5.74) is 0.597. The molecular formula is C19H30OS. The Bertz CT molecular complexity index is 460. The van der Waals surface area contributed by atoms with E-state index in [1.54, 1.807) is 0 Å². The minimum atomic E-state index is 0.0467. The number of hydrogen-bond donors (Lipinski definition) is 1. The minimum absolute atomic E-state index is 0.0467. The van der Waals surface area contributed by atoms with Crippen molar-refractivity contribution in [2.24, 2.45) is 34.5 Å². The van der Waals surface area contributed by atoms with Gasteiger partial charge in [-0.15, -0.1) is 0 Å². The molecule has 0 aromatic heterocycles. The van der Waals surface area contributed by atoms with Crippen molar-refractivity contribution in [3.05, 3.63) is 0 Å². The lowest BCUT2D eigenvalue weighted by Gasteiger charge is -2.60. The third-order valence-corrected chi connectivity index (χ3v) is 8.82. The zero-order valence-electron chi connectivity index (χ0n) is 13.6. The van der Waals surface area contributed by atoms with Crippen molar-refractivity contribution in [1.29, 1.82) is 0 Å². The molecule has 118 valence electrons. The summed E-state index contributed by atoms with van der Waals surface area (Å²) in [5, 5.41) is 0.640. The SMILES string of the molecule is C[C@]12CC[C@H](S)CC1CC[C@@H]1[C@@H]2CC[C@]2(C)C(=O)CC[C@@H]12. The highest BCUT2D eigenvalue weighted by atomic mass is 32.1. The van der Waals surface area contributed by atoms with Gasteiger partial charge in [0.25, 0.3) is 0 Å². The average molecular weight is 307 g/mol. The van der Waals surface area contributed by atoms with E-state index in [2.05, 4.69) is 13.8 Å².